The van der Waals surface area contributed by atoms with E-state index in [0.29, 0.717) is 36.5 Å². The normalized spacial score (nSPS) is 15.5. The van der Waals surface area contributed by atoms with Crippen molar-refractivity contribution in [1.82, 2.24) is 0 Å². The summed E-state index contributed by atoms with van der Waals surface area (Å²) in [5, 5.41) is 19.9. The summed E-state index contributed by atoms with van der Waals surface area (Å²) >= 11 is 0. The molecule has 2 aromatic carbocycles. The minimum Gasteiger partial charge on any atom is -0.508 e. The summed E-state index contributed by atoms with van der Waals surface area (Å²) in [7, 11) is 0. The Hall–Kier alpha value is -2.69. The molecule has 0 saturated heterocycles. The smallest absolute Gasteiger partial charge is 0.166 e. The van der Waals surface area contributed by atoms with Crippen LogP contribution in [0, 0.1) is 12.8 Å². The van der Waals surface area contributed by atoms with Gasteiger partial charge in [0.15, 0.2) is 5.78 Å². The molecule has 0 fully saturated rings. The summed E-state index contributed by atoms with van der Waals surface area (Å²) in [6, 6.07) is 8.56. The molecule has 0 amide bonds. The lowest BCUT2D eigenvalue weighted by Crippen LogP contribution is -2.09. The van der Waals surface area contributed by atoms with Gasteiger partial charge in [0.1, 0.15) is 23.0 Å². The number of hydrogen-bond acceptors (Lipinski definition) is 5. The predicted octanol–water partition coefficient (Wildman–Crippen LogP) is 4.58. The highest BCUT2D eigenvalue weighted by atomic mass is 16.5. The molecule has 27 heavy (non-hydrogen) atoms. The third kappa shape index (κ3) is 4.18. The largest absolute Gasteiger partial charge is 0.508 e. The Morgan fingerprint density at radius 2 is 2.04 bits per heavy atom. The van der Waals surface area contributed by atoms with Crippen LogP contribution in [0.1, 0.15) is 54.1 Å². The number of phenolic OH excluding ortho intramolecular Hbond substituents is 2. The first kappa shape index (κ1) is 19.1. The average molecular weight is 370 g/mol. The Kier molecular flexibility index (Phi) is 5.59. The molecule has 3 rings (SSSR count). The maximum Gasteiger partial charge on any atom is 0.166 e. The standard InChI is InChI=1S/C22H26O5/c1-13(2)10-19(24)18-6-7-20(14(3)22(18)25)26-9-8-15-12-27-21-11-16(23)4-5-17(15)21/h4-7,11,13,15,23,25H,8-10,12H2,1-3H3. The van der Waals surface area contributed by atoms with Crippen LogP contribution in [-0.4, -0.2) is 29.2 Å². The van der Waals surface area contributed by atoms with Gasteiger partial charge in [0.05, 0.1) is 18.8 Å². The van der Waals surface area contributed by atoms with Crippen molar-refractivity contribution < 1.29 is 24.5 Å². The van der Waals surface area contributed by atoms with Crippen molar-refractivity contribution in [3.63, 3.8) is 0 Å². The lowest BCUT2D eigenvalue weighted by Gasteiger charge is -2.15. The molecule has 1 unspecified atom stereocenters. The Morgan fingerprint density at radius 1 is 1.26 bits per heavy atom. The average Bonchev–Trinajstić information content (AvgIpc) is 3.00. The van der Waals surface area contributed by atoms with E-state index in [4.69, 9.17) is 9.47 Å². The zero-order chi connectivity index (χ0) is 19.6. The van der Waals surface area contributed by atoms with Crippen LogP contribution in [-0.2, 0) is 0 Å². The molecule has 0 spiro atoms. The highest BCUT2D eigenvalue weighted by Gasteiger charge is 2.24. The molecule has 144 valence electrons. The fourth-order valence-corrected chi connectivity index (χ4v) is 3.36. The van der Waals surface area contributed by atoms with E-state index in [2.05, 4.69) is 0 Å². The summed E-state index contributed by atoms with van der Waals surface area (Å²) in [6.07, 6.45) is 1.16. The maximum absolute atomic E-state index is 12.2. The van der Waals surface area contributed by atoms with Gasteiger partial charge in [-0.15, -0.1) is 0 Å². The van der Waals surface area contributed by atoms with Crippen molar-refractivity contribution >= 4 is 5.78 Å². The summed E-state index contributed by atoms with van der Waals surface area (Å²) in [5.74, 6) is 1.90. The molecule has 2 aromatic rings. The second-order valence-electron chi connectivity index (χ2n) is 7.47. The van der Waals surface area contributed by atoms with Gasteiger partial charge >= 0.3 is 0 Å². The number of phenols is 2. The zero-order valence-electron chi connectivity index (χ0n) is 16.0. The van der Waals surface area contributed by atoms with E-state index in [1.165, 1.54) is 0 Å². The number of ketones is 1. The molecule has 0 saturated carbocycles. The van der Waals surface area contributed by atoms with E-state index in [0.717, 1.165) is 17.7 Å². The maximum atomic E-state index is 12.2. The molecular weight excluding hydrogens is 344 g/mol. The summed E-state index contributed by atoms with van der Waals surface area (Å²) < 4.78 is 11.5. The van der Waals surface area contributed by atoms with Gasteiger partial charge in [0.25, 0.3) is 0 Å². The summed E-state index contributed by atoms with van der Waals surface area (Å²) in [6.45, 7) is 6.74. The quantitative estimate of drug-likeness (QED) is 0.698. The first-order valence-corrected chi connectivity index (χ1v) is 9.31. The van der Waals surface area contributed by atoms with Crippen molar-refractivity contribution in [2.75, 3.05) is 13.2 Å². The van der Waals surface area contributed by atoms with Crippen molar-refractivity contribution in [2.24, 2.45) is 5.92 Å². The minimum absolute atomic E-state index is 0.00294. The van der Waals surface area contributed by atoms with E-state index >= 15 is 0 Å². The van der Waals surface area contributed by atoms with E-state index in [-0.39, 0.29) is 29.1 Å². The van der Waals surface area contributed by atoms with Gasteiger partial charge in [0.2, 0.25) is 0 Å². The number of aromatic hydroxyl groups is 2. The van der Waals surface area contributed by atoms with E-state index in [1.54, 1.807) is 31.2 Å². The number of benzene rings is 2. The topological polar surface area (TPSA) is 76.0 Å². The Labute approximate surface area is 159 Å². The molecule has 2 N–H and O–H groups in total. The fraction of sp³-hybridized carbons (Fsp3) is 0.409. The van der Waals surface area contributed by atoms with Crippen LogP contribution < -0.4 is 9.47 Å². The van der Waals surface area contributed by atoms with Crippen LogP contribution in [0.15, 0.2) is 30.3 Å². The van der Waals surface area contributed by atoms with Crippen molar-refractivity contribution in [3.8, 4) is 23.0 Å². The van der Waals surface area contributed by atoms with Crippen LogP contribution in [0.4, 0.5) is 0 Å². The number of Topliss-reactive ketones (excluding diaryl/α,β-unsaturated/α-hetero) is 1. The molecular formula is C22H26O5. The van der Waals surface area contributed by atoms with Gasteiger partial charge in [0, 0.05) is 29.5 Å². The van der Waals surface area contributed by atoms with Crippen LogP contribution in [0.3, 0.4) is 0 Å². The number of ether oxygens (including phenoxy) is 2. The lowest BCUT2D eigenvalue weighted by atomic mass is 9.98. The summed E-state index contributed by atoms with van der Waals surface area (Å²) in [5.41, 5.74) is 2.01. The highest BCUT2D eigenvalue weighted by Crippen LogP contribution is 2.38. The second-order valence-corrected chi connectivity index (χ2v) is 7.47. The van der Waals surface area contributed by atoms with E-state index < -0.39 is 0 Å². The van der Waals surface area contributed by atoms with Gasteiger partial charge in [-0.05, 0) is 37.5 Å². The van der Waals surface area contributed by atoms with Gasteiger partial charge in [-0.2, -0.15) is 0 Å². The first-order valence-electron chi connectivity index (χ1n) is 9.31. The molecule has 0 bridgehead atoms. The molecule has 0 radical (unpaired) electrons. The molecule has 0 aromatic heterocycles. The third-order valence-corrected chi connectivity index (χ3v) is 4.88. The van der Waals surface area contributed by atoms with Gasteiger partial charge in [-0.3, -0.25) is 4.79 Å². The highest BCUT2D eigenvalue weighted by molar-refractivity contribution is 5.99. The molecule has 0 aliphatic carbocycles. The van der Waals surface area contributed by atoms with E-state index in [9.17, 15) is 15.0 Å². The van der Waals surface area contributed by atoms with Gasteiger partial charge in [-0.25, -0.2) is 0 Å². The SMILES string of the molecule is Cc1c(OCCC2COc3cc(O)ccc32)ccc(C(=O)CC(C)C)c1O. The monoisotopic (exact) mass is 370 g/mol. The Bertz CT molecular complexity index is 841. The van der Waals surface area contributed by atoms with Crippen LogP contribution in [0.2, 0.25) is 0 Å². The minimum atomic E-state index is -0.0554. The fourth-order valence-electron chi connectivity index (χ4n) is 3.36. The summed E-state index contributed by atoms with van der Waals surface area (Å²) in [4.78, 5) is 12.2. The predicted molar refractivity (Wildman–Crippen MR) is 103 cm³/mol. The molecule has 1 atom stereocenters. The number of fused-ring (bicyclic) bond motifs is 1. The van der Waals surface area contributed by atoms with Crippen molar-refractivity contribution in [1.29, 1.82) is 0 Å². The van der Waals surface area contributed by atoms with Crippen LogP contribution in [0.5, 0.6) is 23.0 Å². The van der Waals surface area contributed by atoms with E-state index in [1.807, 2.05) is 19.9 Å². The second kappa shape index (κ2) is 7.91. The Morgan fingerprint density at radius 3 is 2.78 bits per heavy atom. The zero-order valence-corrected chi connectivity index (χ0v) is 16.0. The van der Waals surface area contributed by atoms with Gasteiger partial charge in [-0.1, -0.05) is 19.9 Å². The lowest BCUT2D eigenvalue weighted by molar-refractivity contribution is 0.0965. The van der Waals surface area contributed by atoms with Gasteiger partial charge < -0.3 is 19.7 Å². The third-order valence-electron chi connectivity index (χ3n) is 4.88. The van der Waals surface area contributed by atoms with Crippen LogP contribution >= 0.6 is 0 Å². The first-order chi connectivity index (χ1) is 12.9. The van der Waals surface area contributed by atoms with Crippen molar-refractivity contribution in [2.45, 2.75) is 39.5 Å². The number of carbonyl (C=O) groups excluding carboxylic acids is 1. The molecule has 1 aliphatic rings. The Balaban J connectivity index is 1.62. The molecule has 5 nitrogen and oxygen atoms in total. The van der Waals surface area contributed by atoms with Crippen molar-refractivity contribution in [3.05, 3.63) is 47.0 Å². The van der Waals surface area contributed by atoms with Crippen LogP contribution in [0.25, 0.3) is 0 Å². The number of hydrogen-bond donors (Lipinski definition) is 2. The molecule has 5 heteroatoms. The number of rotatable bonds is 7. The molecule has 1 heterocycles. The number of carbonyl (C=O) groups is 1. The molecule has 1 aliphatic heterocycles.